The molecular weight excluding hydrogens is 198 g/mol. The molecule has 98 valence electrons. The van der Waals surface area contributed by atoms with E-state index in [0.717, 1.165) is 13.0 Å². The molecule has 0 aromatic heterocycles. The maximum atomic E-state index is 9.40. The number of unbranched alkanes of at least 4 members (excludes halogenated alkanes) is 2. The second-order valence-corrected chi connectivity index (χ2v) is 6.00. The van der Waals surface area contributed by atoms with Crippen LogP contribution in [0.2, 0.25) is 0 Å². The van der Waals surface area contributed by atoms with Gasteiger partial charge in [-0.15, -0.1) is 0 Å². The molecule has 0 radical (unpaired) electrons. The predicted molar refractivity (Wildman–Crippen MR) is 71.7 cm³/mol. The van der Waals surface area contributed by atoms with Crippen molar-refractivity contribution in [2.24, 2.45) is 5.41 Å². The number of hydrogen-bond donors (Lipinski definition) is 2. The molecule has 0 aromatic carbocycles. The Labute approximate surface area is 102 Å². The van der Waals surface area contributed by atoms with Crippen LogP contribution in [0.1, 0.15) is 66.7 Å². The van der Waals surface area contributed by atoms with Gasteiger partial charge in [-0.3, -0.25) is 0 Å². The molecule has 2 nitrogen and oxygen atoms in total. The van der Waals surface area contributed by atoms with Crippen LogP contribution in [0.15, 0.2) is 0 Å². The fraction of sp³-hybridized carbons (Fsp3) is 1.00. The molecule has 0 aliphatic rings. The van der Waals surface area contributed by atoms with Crippen molar-refractivity contribution in [2.45, 2.75) is 78.9 Å². The quantitative estimate of drug-likeness (QED) is 0.594. The molecule has 0 saturated carbocycles. The van der Waals surface area contributed by atoms with Crippen LogP contribution < -0.4 is 5.32 Å². The second kappa shape index (κ2) is 8.08. The molecule has 0 saturated heterocycles. The summed E-state index contributed by atoms with van der Waals surface area (Å²) >= 11 is 0. The summed E-state index contributed by atoms with van der Waals surface area (Å²) in [5, 5.41) is 13.0. The minimum atomic E-state index is -0.202. The zero-order valence-corrected chi connectivity index (χ0v) is 11.8. The zero-order chi connectivity index (χ0) is 12.6. The number of aliphatic hydroxyl groups excluding tert-OH is 1. The number of aliphatic hydroxyl groups is 1. The van der Waals surface area contributed by atoms with Crippen molar-refractivity contribution in [3.8, 4) is 0 Å². The summed E-state index contributed by atoms with van der Waals surface area (Å²) in [5.74, 6) is 0. The van der Waals surface area contributed by atoms with Gasteiger partial charge in [0.1, 0.15) is 0 Å². The molecular formula is C14H31NO. The highest BCUT2D eigenvalue weighted by atomic mass is 16.3. The van der Waals surface area contributed by atoms with Crippen molar-refractivity contribution in [1.82, 2.24) is 5.32 Å². The van der Waals surface area contributed by atoms with E-state index in [1.54, 1.807) is 0 Å². The minimum absolute atomic E-state index is 0.188. The Morgan fingerprint density at radius 1 is 1.19 bits per heavy atom. The van der Waals surface area contributed by atoms with Crippen molar-refractivity contribution in [1.29, 1.82) is 0 Å². The Bertz CT molecular complexity index is 166. The van der Waals surface area contributed by atoms with Gasteiger partial charge in [0, 0.05) is 12.6 Å². The van der Waals surface area contributed by atoms with Crippen molar-refractivity contribution in [3.05, 3.63) is 0 Å². The molecule has 0 aliphatic heterocycles. The molecule has 0 spiro atoms. The van der Waals surface area contributed by atoms with Crippen LogP contribution in [0, 0.1) is 5.41 Å². The van der Waals surface area contributed by atoms with E-state index >= 15 is 0 Å². The van der Waals surface area contributed by atoms with E-state index in [2.05, 4.69) is 33.0 Å². The van der Waals surface area contributed by atoms with Crippen LogP contribution in [0.25, 0.3) is 0 Å². The molecule has 0 aliphatic carbocycles. The molecule has 2 atom stereocenters. The molecule has 2 heteroatoms. The normalized spacial score (nSPS) is 16.1. The number of nitrogens with one attached hydrogen (secondary N) is 1. The first-order valence-electron chi connectivity index (χ1n) is 6.79. The third-order valence-corrected chi connectivity index (χ3v) is 3.02. The maximum Gasteiger partial charge on any atom is 0.0517 e. The molecule has 0 bridgehead atoms. The molecule has 0 heterocycles. The predicted octanol–water partition coefficient (Wildman–Crippen LogP) is 3.34. The second-order valence-electron chi connectivity index (χ2n) is 6.00. The van der Waals surface area contributed by atoms with Gasteiger partial charge in [-0.2, -0.15) is 0 Å². The van der Waals surface area contributed by atoms with Gasteiger partial charge in [0.25, 0.3) is 0 Å². The van der Waals surface area contributed by atoms with Gasteiger partial charge in [0.2, 0.25) is 0 Å². The third kappa shape index (κ3) is 9.17. The molecule has 16 heavy (non-hydrogen) atoms. The van der Waals surface area contributed by atoms with Crippen LogP contribution in [0.3, 0.4) is 0 Å². The lowest BCUT2D eigenvalue weighted by Crippen LogP contribution is -2.36. The summed E-state index contributed by atoms with van der Waals surface area (Å²) in [7, 11) is 0. The summed E-state index contributed by atoms with van der Waals surface area (Å²) in [6.07, 6.45) is 5.87. The van der Waals surface area contributed by atoms with E-state index in [0.29, 0.717) is 6.04 Å². The Morgan fingerprint density at radius 2 is 1.81 bits per heavy atom. The van der Waals surface area contributed by atoms with Gasteiger partial charge in [-0.1, -0.05) is 40.0 Å². The fourth-order valence-electron chi connectivity index (χ4n) is 2.12. The van der Waals surface area contributed by atoms with Crippen LogP contribution in [0.5, 0.6) is 0 Å². The topological polar surface area (TPSA) is 32.3 Å². The summed E-state index contributed by atoms with van der Waals surface area (Å²) in [6.45, 7) is 11.8. The van der Waals surface area contributed by atoms with Gasteiger partial charge >= 0.3 is 0 Å². The van der Waals surface area contributed by atoms with Crippen LogP contribution >= 0.6 is 0 Å². The first-order valence-corrected chi connectivity index (χ1v) is 6.79. The van der Waals surface area contributed by atoms with E-state index < -0.39 is 0 Å². The average molecular weight is 229 g/mol. The average Bonchev–Trinajstić information content (AvgIpc) is 2.13. The van der Waals surface area contributed by atoms with E-state index in [4.69, 9.17) is 0 Å². The highest BCUT2D eigenvalue weighted by molar-refractivity contribution is 4.75. The molecule has 2 N–H and O–H groups in total. The van der Waals surface area contributed by atoms with E-state index in [-0.39, 0.29) is 11.5 Å². The maximum absolute atomic E-state index is 9.40. The molecule has 0 amide bonds. The van der Waals surface area contributed by atoms with Gasteiger partial charge in [0.05, 0.1) is 6.10 Å². The van der Waals surface area contributed by atoms with Gasteiger partial charge in [-0.25, -0.2) is 0 Å². The summed E-state index contributed by atoms with van der Waals surface area (Å²) < 4.78 is 0. The standard InChI is InChI=1S/C14H31NO/c1-6-7-8-9-12(2)15-11-14(4,5)10-13(3)16/h12-13,15-16H,6-11H2,1-5H3. The van der Waals surface area contributed by atoms with Crippen molar-refractivity contribution < 1.29 is 5.11 Å². The van der Waals surface area contributed by atoms with Crippen molar-refractivity contribution in [2.75, 3.05) is 6.54 Å². The van der Waals surface area contributed by atoms with E-state index in [9.17, 15) is 5.11 Å². The Kier molecular flexibility index (Phi) is 8.04. The molecule has 0 aromatic rings. The Morgan fingerprint density at radius 3 is 2.31 bits per heavy atom. The lowest BCUT2D eigenvalue weighted by Gasteiger charge is -2.28. The van der Waals surface area contributed by atoms with Gasteiger partial charge < -0.3 is 10.4 Å². The fourth-order valence-corrected chi connectivity index (χ4v) is 2.12. The van der Waals surface area contributed by atoms with Crippen molar-refractivity contribution in [3.63, 3.8) is 0 Å². The molecule has 0 fully saturated rings. The van der Waals surface area contributed by atoms with Crippen LogP contribution in [0.4, 0.5) is 0 Å². The summed E-state index contributed by atoms with van der Waals surface area (Å²) in [4.78, 5) is 0. The van der Waals surface area contributed by atoms with Crippen LogP contribution in [-0.4, -0.2) is 23.8 Å². The highest BCUT2D eigenvalue weighted by Gasteiger charge is 2.20. The van der Waals surface area contributed by atoms with E-state index in [1.165, 1.54) is 25.7 Å². The monoisotopic (exact) mass is 229 g/mol. The van der Waals surface area contributed by atoms with Crippen LogP contribution in [-0.2, 0) is 0 Å². The number of hydrogen-bond acceptors (Lipinski definition) is 2. The lowest BCUT2D eigenvalue weighted by molar-refractivity contribution is 0.126. The van der Waals surface area contributed by atoms with Gasteiger partial charge in [-0.05, 0) is 32.1 Å². The summed E-state index contributed by atoms with van der Waals surface area (Å²) in [5.41, 5.74) is 0.188. The minimum Gasteiger partial charge on any atom is -0.393 e. The zero-order valence-electron chi connectivity index (χ0n) is 11.8. The Balaban J connectivity index is 3.68. The molecule has 0 rings (SSSR count). The number of rotatable bonds is 9. The SMILES string of the molecule is CCCCCC(C)NCC(C)(C)CC(C)O. The first-order chi connectivity index (χ1) is 7.37. The highest BCUT2D eigenvalue weighted by Crippen LogP contribution is 2.21. The molecule has 2 unspecified atom stereocenters. The van der Waals surface area contributed by atoms with E-state index in [1.807, 2.05) is 6.92 Å². The summed E-state index contributed by atoms with van der Waals surface area (Å²) in [6, 6.07) is 0.597. The van der Waals surface area contributed by atoms with Gasteiger partial charge in [0.15, 0.2) is 0 Å². The third-order valence-electron chi connectivity index (χ3n) is 3.02. The van der Waals surface area contributed by atoms with Crippen molar-refractivity contribution >= 4 is 0 Å². The largest absolute Gasteiger partial charge is 0.393 e. The Hall–Kier alpha value is -0.0800. The smallest absolute Gasteiger partial charge is 0.0517 e. The first kappa shape index (κ1) is 15.9. The lowest BCUT2D eigenvalue weighted by atomic mass is 9.86.